The van der Waals surface area contributed by atoms with Gasteiger partial charge in [-0.25, -0.2) is 4.79 Å². The summed E-state index contributed by atoms with van der Waals surface area (Å²) in [6.45, 7) is 8.18. The highest BCUT2D eigenvalue weighted by Crippen LogP contribution is 2.43. The number of ether oxygens (including phenoxy) is 2. The minimum Gasteiger partial charge on any atom is -0.491 e. The fraction of sp³-hybridized carbons (Fsp3) is 0.400. The van der Waals surface area contributed by atoms with Gasteiger partial charge in [-0.15, -0.1) is 0 Å². The van der Waals surface area contributed by atoms with Crippen LogP contribution in [-0.2, 0) is 33.6 Å². The van der Waals surface area contributed by atoms with Crippen molar-refractivity contribution in [1.29, 1.82) is 0 Å². The van der Waals surface area contributed by atoms with Crippen LogP contribution in [0.1, 0.15) is 36.0 Å². The van der Waals surface area contributed by atoms with Crippen LogP contribution in [0.15, 0.2) is 72.8 Å². The molecule has 0 bridgehead atoms. The first-order chi connectivity index (χ1) is 20.1. The second kappa shape index (κ2) is 12.7. The summed E-state index contributed by atoms with van der Waals surface area (Å²) in [4.78, 5) is 39.3. The molecule has 1 fully saturated rings. The van der Waals surface area contributed by atoms with Crippen LogP contribution in [0.2, 0.25) is 19.6 Å². The van der Waals surface area contributed by atoms with Crippen LogP contribution in [0.5, 0.6) is 5.75 Å². The molecule has 42 heavy (non-hydrogen) atoms. The number of amides is 1. The van der Waals surface area contributed by atoms with Gasteiger partial charge in [0.25, 0.3) is 0 Å². The van der Waals surface area contributed by atoms with Crippen molar-refractivity contribution in [3.05, 3.63) is 89.5 Å². The number of benzene rings is 3. The molecule has 0 aromatic heterocycles. The van der Waals surface area contributed by atoms with Gasteiger partial charge in [-0.2, -0.15) is 0 Å². The molecule has 0 N–H and O–H groups in total. The zero-order chi connectivity index (χ0) is 29.7. The first-order valence-electron chi connectivity index (χ1n) is 15.0. The Hall–Kier alpha value is -3.71. The molecule has 0 spiro atoms. The molecule has 1 aliphatic heterocycles. The largest absolute Gasteiger partial charge is 0.491 e. The molecule has 5 rings (SSSR count). The van der Waals surface area contributed by atoms with Gasteiger partial charge in [0.15, 0.2) is 0 Å². The molecule has 3 aromatic rings. The van der Waals surface area contributed by atoms with E-state index in [0.717, 1.165) is 53.7 Å². The first kappa shape index (κ1) is 29.8. The third kappa shape index (κ3) is 7.19. The van der Waals surface area contributed by atoms with Crippen LogP contribution in [0.25, 0.3) is 11.1 Å². The summed E-state index contributed by atoms with van der Waals surface area (Å²) in [5, 5.41) is 0. The predicted molar refractivity (Wildman–Crippen MR) is 167 cm³/mol. The van der Waals surface area contributed by atoms with E-state index in [4.69, 9.17) is 9.47 Å². The maximum Gasteiger partial charge on any atom is 0.409 e. The van der Waals surface area contributed by atoms with Crippen LogP contribution in [-0.4, -0.2) is 56.6 Å². The topological polar surface area (TPSA) is 72.9 Å². The Morgan fingerprint density at radius 2 is 1.50 bits per heavy atom. The average molecular weight is 584 g/mol. The lowest BCUT2D eigenvalue weighted by Crippen LogP contribution is -2.39. The average Bonchev–Trinajstić information content (AvgIpc) is 3.48. The van der Waals surface area contributed by atoms with Gasteiger partial charge in [0.2, 0.25) is 11.6 Å². The Morgan fingerprint density at radius 3 is 2.17 bits per heavy atom. The van der Waals surface area contributed by atoms with Gasteiger partial charge in [0.05, 0.1) is 20.8 Å². The Morgan fingerprint density at radius 1 is 0.833 bits per heavy atom. The molecule has 1 amide bonds. The van der Waals surface area contributed by atoms with Crippen LogP contribution in [0.3, 0.4) is 0 Å². The quantitative estimate of drug-likeness (QED) is 0.176. The molecule has 7 heteroatoms. The van der Waals surface area contributed by atoms with Gasteiger partial charge in [-0.1, -0.05) is 86.7 Å². The molecule has 1 heterocycles. The van der Waals surface area contributed by atoms with Crippen LogP contribution >= 0.6 is 0 Å². The van der Waals surface area contributed by atoms with E-state index in [1.165, 1.54) is 5.56 Å². The van der Waals surface area contributed by atoms with Gasteiger partial charge in [0.1, 0.15) is 17.8 Å². The van der Waals surface area contributed by atoms with Crippen molar-refractivity contribution in [2.75, 3.05) is 25.9 Å². The normalized spacial score (nSPS) is 17.1. The molecule has 0 unspecified atom stereocenters. The number of fused-ring (bicyclic) bond motifs is 1. The van der Waals surface area contributed by atoms with Crippen molar-refractivity contribution >= 4 is 25.7 Å². The lowest BCUT2D eigenvalue weighted by atomic mass is 9.88. The molecular formula is C35H41NO5Si. The second-order valence-corrected chi connectivity index (χ2v) is 18.3. The summed E-state index contributed by atoms with van der Waals surface area (Å²) < 4.78 is 11.8. The Balaban J connectivity index is 1.24. The number of hydrogen-bond donors (Lipinski definition) is 0. The van der Waals surface area contributed by atoms with E-state index in [1.807, 2.05) is 48.5 Å². The molecular weight excluding hydrogens is 542 g/mol. The number of hydrogen-bond acceptors (Lipinski definition) is 5. The van der Waals surface area contributed by atoms with E-state index in [0.29, 0.717) is 38.8 Å². The van der Waals surface area contributed by atoms with Crippen molar-refractivity contribution in [2.24, 2.45) is 5.41 Å². The molecule has 6 nitrogen and oxygen atoms in total. The molecule has 1 aliphatic carbocycles. The van der Waals surface area contributed by atoms with Gasteiger partial charge < -0.3 is 14.4 Å². The van der Waals surface area contributed by atoms with Crippen LogP contribution in [0.4, 0.5) is 4.79 Å². The summed E-state index contributed by atoms with van der Waals surface area (Å²) in [6.07, 6.45) is 5.07. The van der Waals surface area contributed by atoms with Crippen molar-refractivity contribution in [1.82, 2.24) is 4.90 Å². The van der Waals surface area contributed by atoms with E-state index >= 15 is 0 Å². The van der Waals surface area contributed by atoms with Crippen molar-refractivity contribution < 1.29 is 23.9 Å². The maximum absolute atomic E-state index is 12.7. The monoisotopic (exact) mass is 583 g/mol. The van der Waals surface area contributed by atoms with Crippen molar-refractivity contribution in [3.8, 4) is 16.9 Å². The SMILES string of the molecule is C[Si](C)(C)COC(=O)N1CCCCCc2cc(-c3ccc(CC4(Cc5ccccc5)C(=O)C4=O)cc3)ccc2OCC1. The van der Waals surface area contributed by atoms with Crippen molar-refractivity contribution in [3.63, 3.8) is 0 Å². The smallest absolute Gasteiger partial charge is 0.409 e. The summed E-state index contributed by atoms with van der Waals surface area (Å²) >= 11 is 0. The molecule has 1 saturated carbocycles. The zero-order valence-corrected chi connectivity index (χ0v) is 26.0. The van der Waals surface area contributed by atoms with Crippen LogP contribution < -0.4 is 4.74 Å². The standard InChI is InChI=1S/C35H41NO5Si/c1-42(2,3)25-41-34(39)36-19-9-5-8-12-30-22-29(17-18-31(30)40-21-20-36)28-15-13-27(14-16-28)24-35(32(37)33(35)38)23-26-10-6-4-7-11-26/h4,6-7,10-11,13-18,22H,5,8-9,12,19-21,23-25H2,1-3H3. The highest BCUT2D eigenvalue weighted by atomic mass is 28.3. The maximum atomic E-state index is 12.7. The number of nitrogens with zero attached hydrogens (tertiary/aromatic N) is 1. The summed E-state index contributed by atoms with van der Waals surface area (Å²) in [6, 6.07) is 24.3. The van der Waals surface area contributed by atoms with E-state index in [9.17, 15) is 14.4 Å². The van der Waals surface area contributed by atoms with Crippen molar-refractivity contribution in [2.45, 2.75) is 58.2 Å². The molecule has 0 atom stereocenters. The summed E-state index contributed by atoms with van der Waals surface area (Å²) in [7, 11) is -1.47. The predicted octanol–water partition coefficient (Wildman–Crippen LogP) is 6.70. The minimum atomic E-state index is -1.47. The summed E-state index contributed by atoms with van der Waals surface area (Å²) in [5.41, 5.74) is 4.43. The third-order valence-electron chi connectivity index (χ3n) is 8.10. The molecule has 0 radical (unpaired) electrons. The Bertz CT molecular complexity index is 1410. The molecule has 2 aliphatic rings. The zero-order valence-electron chi connectivity index (χ0n) is 25.0. The van der Waals surface area contributed by atoms with Crippen LogP contribution in [0, 0.1) is 5.41 Å². The van der Waals surface area contributed by atoms with E-state index in [1.54, 1.807) is 4.90 Å². The van der Waals surface area contributed by atoms with E-state index in [2.05, 4.69) is 43.9 Å². The van der Waals surface area contributed by atoms with Gasteiger partial charge in [-0.3, -0.25) is 9.59 Å². The number of carbonyl (C=O) groups is 3. The minimum absolute atomic E-state index is 0.235. The molecule has 3 aromatic carbocycles. The second-order valence-electron chi connectivity index (χ2n) is 12.9. The number of ketones is 2. The number of Topliss-reactive ketones (excluding diaryl/α,β-unsaturated/α-hetero) is 2. The first-order valence-corrected chi connectivity index (χ1v) is 18.8. The van der Waals surface area contributed by atoms with Gasteiger partial charge in [0, 0.05) is 6.54 Å². The van der Waals surface area contributed by atoms with Gasteiger partial charge in [-0.05, 0) is 72.1 Å². The number of carbonyl (C=O) groups excluding carboxylic acids is 3. The molecule has 0 saturated heterocycles. The highest BCUT2D eigenvalue weighted by Gasteiger charge is 2.64. The fourth-order valence-electron chi connectivity index (χ4n) is 5.62. The number of aryl methyl sites for hydroxylation is 1. The Kier molecular flexibility index (Phi) is 8.97. The lowest BCUT2D eigenvalue weighted by molar-refractivity contribution is -0.122. The number of rotatable bonds is 7. The fourth-order valence-corrected chi connectivity index (χ4v) is 6.17. The highest BCUT2D eigenvalue weighted by molar-refractivity contribution is 6.76. The van der Waals surface area contributed by atoms with E-state index < -0.39 is 13.5 Å². The third-order valence-corrected chi connectivity index (χ3v) is 9.11. The lowest BCUT2D eigenvalue weighted by Gasteiger charge is -2.24. The molecule has 220 valence electrons. The van der Waals surface area contributed by atoms with Gasteiger partial charge >= 0.3 is 6.09 Å². The Labute approximate surface area is 250 Å². The van der Waals surface area contributed by atoms with E-state index in [-0.39, 0.29) is 17.7 Å². The summed E-state index contributed by atoms with van der Waals surface area (Å²) in [5.74, 6) is 0.346.